The Morgan fingerprint density at radius 2 is 1.61 bits per heavy atom. The van der Waals surface area contributed by atoms with Gasteiger partial charge in [-0.25, -0.2) is 4.79 Å². The van der Waals surface area contributed by atoms with Crippen LogP contribution in [-0.4, -0.2) is 111 Å². The number of ether oxygens (including phenoxy) is 2. The lowest BCUT2D eigenvalue weighted by Gasteiger charge is -2.38. The number of anilines is 1. The number of tetrazole rings is 1. The monoisotopic (exact) mass is 848 g/mol. The Kier molecular flexibility index (Phi) is 14.3. The van der Waals surface area contributed by atoms with Crippen molar-refractivity contribution in [3.63, 3.8) is 0 Å². The summed E-state index contributed by atoms with van der Waals surface area (Å²) in [4.78, 5) is 62.1. The molecule has 0 unspecified atom stereocenters. The zero-order valence-electron chi connectivity index (χ0n) is 36.3. The first-order valence-electron chi connectivity index (χ1n) is 21.9. The fourth-order valence-electron chi connectivity index (χ4n) is 9.00. The SMILES string of the molecule is Cc1cc(C(=O)NC2CCC(N3CCOCC3)CC2)ncc1-c1ccc(C[C@@H](C(N)=O)N(C(=O)C2CCC(CNC(=O)OC(C)(C)C)CC2)c2ccc(-c3nn[nH]n3)cc2)cc1. The summed E-state index contributed by atoms with van der Waals surface area (Å²) in [5.74, 6) is -0.705. The quantitative estimate of drug-likeness (QED) is 0.134. The smallest absolute Gasteiger partial charge is 0.407 e. The number of H-pyrrole nitrogens is 1. The number of nitrogens with two attached hydrogens (primary N) is 1. The lowest BCUT2D eigenvalue weighted by molar-refractivity contribution is -0.127. The van der Waals surface area contributed by atoms with Gasteiger partial charge in [0.05, 0.1) is 13.2 Å². The number of amides is 4. The van der Waals surface area contributed by atoms with Crippen molar-refractivity contribution in [1.82, 2.24) is 41.1 Å². The fraction of sp³-hybridized carbons (Fsp3) is 0.522. The van der Waals surface area contributed by atoms with Gasteiger partial charge in [0.2, 0.25) is 17.6 Å². The van der Waals surface area contributed by atoms with Gasteiger partial charge in [0, 0.05) is 67.1 Å². The zero-order chi connectivity index (χ0) is 43.8. The summed E-state index contributed by atoms with van der Waals surface area (Å²) in [5, 5.41) is 20.3. The maximum atomic E-state index is 14.6. The van der Waals surface area contributed by atoms with Crippen LogP contribution in [-0.2, 0) is 25.5 Å². The second-order valence-corrected chi connectivity index (χ2v) is 17.9. The van der Waals surface area contributed by atoms with Crippen molar-refractivity contribution in [2.24, 2.45) is 17.6 Å². The number of carbonyl (C=O) groups excluding carboxylic acids is 4. The molecule has 2 aromatic heterocycles. The maximum Gasteiger partial charge on any atom is 0.407 e. The molecule has 3 aliphatic rings. The van der Waals surface area contributed by atoms with E-state index < -0.39 is 23.6 Å². The average molecular weight is 849 g/mol. The molecule has 2 saturated carbocycles. The van der Waals surface area contributed by atoms with Crippen molar-refractivity contribution in [3.05, 3.63) is 77.6 Å². The molecule has 1 atom stereocenters. The zero-order valence-corrected chi connectivity index (χ0v) is 36.3. The van der Waals surface area contributed by atoms with E-state index in [2.05, 4.69) is 41.1 Å². The highest BCUT2D eigenvalue weighted by Crippen LogP contribution is 2.34. The number of aromatic amines is 1. The molecule has 3 fully saturated rings. The molecule has 0 radical (unpaired) electrons. The number of benzene rings is 2. The molecular weight excluding hydrogens is 789 g/mol. The molecule has 62 heavy (non-hydrogen) atoms. The van der Waals surface area contributed by atoms with Crippen molar-refractivity contribution >= 4 is 29.5 Å². The first kappa shape index (κ1) is 44.3. The molecule has 2 aromatic carbocycles. The number of primary amides is 1. The molecule has 2 aliphatic carbocycles. The van der Waals surface area contributed by atoms with E-state index in [0.29, 0.717) is 48.2 Å². The van der Waals surface area contributed by atoms with E-state index in [1.54, 1.807) is 35.4 Å². The summed E-state index contributed by atoms with van der Waals surface area (Å²) in [6.45, 7) is 11.4. The first-order valence-corrected chi connectivity index (χ1v) is 21.9. The summed E-state index contributed by atoms with van der Waals surface area (Å²) in [5.41, 5.74) is 10.7. The Labute approximate surface area is 363 Å². The molecule has 4 amide bonds. The van der Waals surface area contributed by atoms with Gasteiger partial charge in [-0.2, -0.15) is 5.21 Å². The van der Waals surface area contributed by atoms with Gasteiger partial charge in [-0.15, -0.1) is 10.2 Å². The highest BCUT2D eigenvalue weighted by Gasteiger charge is 2.36. The van der Waals surface area contributed by atoms with E-state index >= 15 is 0 Å². The van der Waals surface area contributed by atoms with Crippen LogP contribution in [0.2, 0.25) is 0 Å². The number of hydrogen-bond donors (Lipinski definition) is 4. The third kappa shape index (κ3) is 11.4. The van der Waals surface area contributed by atoms with Crippen LogP contribution in [0.1, 0.15) is 93.8 Å². The summed E-state index contributed by atoms with van der Waals surface area (Å²) in [6.07, 6.45) is 8.16. The van der Waals surface area contributed by atoms with Crippen LogP contribution >= 0.6 is 0 Å². The Balaban J connectivity index is 1.01. The number of aromatic nitrogens is 5. The largest absolute Gasteiger partial charge is 0.444 e. The van der Waals surface area contributed by atoms with Gasteiger partial charge in [-0.05, 0) is 137 Å². The summed E-state index contributed by atoms with van der Waals surface area (Å²) < 4.78 is 10.9. The Hall–Kier alpha value is -5.74. The van der Waals surface area contributed by atoms with Crippen LogP contribution in [0.15, 0.2) is 60.8 Å². The van der Waals surface area contributed by atoms with E-state index in [1.165, 1.54) is 0 Å². The molecule has 3 heterocycles. The molecule has 16 heteroatoms. The van der Waals surface area contributed by atoms with Gasteiger partial charge in [-0.3, -0.25) is 29.2 Å². The van der Waals surface area contributed by atoms with Crippen molar-refractivity contribution in [1.29, 1.82) is 0 Å². The Morgan fingerprint density at radius 1 is 0.935 bits per heavy atom. The number of aryl methyl sites for hydroxylation is 1. The number of hydrogen-bond acceptors (Lipinski definition) is 11. The number of alkyl carbamates (subject to hydrolysis) is 1. The van der Waals surface area contributed by atoms with Crippen molar-refractivity contribution in [2.75, 3.05) is 37.7 Å². The van der Waals surface area contributed by atoms with Crippen LogP contribution < -0.4 is 21.3 Å². The van der Waals surface area contributed by atoms with E-state index in [9.17, 15) is 19.2 Å². The molecule has 16 nitrogen and oxygen atoms in total. The van der Waals surface area contributed by atoms with Gasteiger partial charge in [0.25, 0.3) is 5.91 Å². The maximum absolute atomic E-state index is 14.6. The summed E-state index contributed by atoms with van der Waals surface area (Å²) in [6, 6.07) is 16.5. The van der Waals surface area contributed by atoms with Gasteiger partial charge in [0.15, 0.2) is 0 Å². The highest BCUT2D eigenvalue weighted by molar-refractivity contribution is 6.02. The molecular formula is C46H60N10O6. The van der Waals surface area contributed by atoms with Crippen LogP contribution in [0.25, 0.3) is 22.5 Å². The number of nitrogens with one attached hydrogen (secondary N) is 3. The third-order valence-electron chi connectivity index (χ3n) is 12.4. The number of rotatable bonds is 13. The number of morpholine rings is 1. The topological polar surface area (TPSA) is 211 Å². The molecule has 330 valence electrons. The minimum atomic E-state index is -0.980. The molecule has 4 aromatic rings. The van der Waals surface area contributed by atoms with Gasteiger partial charge >= 0.3 is 6.09 Å². The average Bonchev–Trinajstić information content (AvgIpc) is 3.82. The van der Waals surface area contributed by atoms with E-state index in [0.717, 1.165) is 87.1 Å². The lowest BCUT2D eigenvalue weighted by atomic mass is 9.81. The molecule has 5 N–H and O–H groups in total. The molecule has 1 aliphatic heterocycles. The predicted octanol–water partition coefficient (Wildman–Crippen LogP) is 5.37. The predicted molar refractivity (Wildman–Crippen MR) is 234 cm³/mol. The normalized spacial score (nSPS) is 21.4. The van der Waals surface area contributed by atoms with Crippen molar-refractivity contribution in [2.45, 2.75) is 109 Å². The number of carbonyl (C=O) groups is 4. The minimum Gasteiger partial charge on any atom is -0.444 e. The second kappa shape index (κ2) is 20.0. The van der Waals surface area contributed by atoms with Crippen LogP contribution in [0.4, 0.5) is 10.5 Å². The number of nitrogens with zero attached hydrogens (tertiary/aromatic N) is 6. The molecule has 7 rings (SSSR count). The van der Waals surface area contributed by atoms with Crippen LogP contribution in [0.5, 0.6) is 0 Å². The van der Waals surface area contributed by atoms with Gasteiger partial charge < -0.3 is 25.8 Å². The highest BCUT2D eigenvalue weighted by atomic mass is 16.6. The number of pyridine rings is 1. The molecule has 0 bridgehead atoms. The fourth-order valence-corrected chi connectivity index (χ4v) is 9.00. The van der Waals surface area contributed by atoms with E-state index in [-0.39, 0.29) is 36.1 Å². The molecule has 1 saturated heterocycles. The standard InChI is InChI=1S/C46H60N10O6/c1-29-25-39(43(58)50-35-15-19-36(20-16-35)55-21-23-61-24-22-55)48-28-38(29)32-9-5-30(6-10-32)26-40(41(47)57)56(37-17-13-33(14-18-37)42-51-53-54-52-42)44(59)34-11-7-31(8-12-34)27-49-45(60)62-46(2,3)4/h5-6,9-10,13-14,17-18,25,28,31,34-36,40H,7-8,11-12,15-16,19-24,26-27H2,1-4H3,(H2,47,57)(H,49,60)(H,50,58)(H,51,52,53,54)/t31?,34?,35?,36?,40-/m0/s1. The van der Waals surface area contributed by atoms with Gasteiger partial charge in [0.1, 0.15) is 17.3 Å². The minimum absolute atomic E-state index is 0.135. The Bertz CT molecular complexity index is 2140. The van der Waals surface area contributed by atoms with Crippen molar-refractivity contribution < 1.29 is 28.7 Å². The van der Waals surface area contributed by atoms with E-state index in [4.69, 9.17) is 15.2 Å². The second-order valence-electron chi connectivity index (χ2n) is 17.9. The van der Waals surface area contributed by atoms with E-state index in [1.807, 2.05) is 58.0 Å². The Morgan fingerprint density at radius 3 is 2.23 bits per heavy atom. The summed E-state index contributed by atoms with van der Waals surface area (Å²) >= 11 is 0. The lowest BCUT2D eigenvalue weighted by Crippen LogP contribution is -2.52. The third-order valence-corrected chi connectivity index (χ3v) is 12.4. The van der Waals surface area contributed by atoms with Gasteiger partial charge in [-0.1, -0.05) is 24.3 Å². The first-order chi connectivity index (χ1) is 29.8. The van der Waals surface area contributed by atoms with Crippen molar-refractivity contribution in [3.8, 4) is 22.5 Å². The molecule has 0 spiro atoms. The summed E-state index contributed by atoms with van der Waals surface area (Å²) in [7, 11) is 0. The van der Waals surface area contributed by atoms with Crippen LogP contribution in [0, 0.1) is 18.8 Å². The van der Waals surface area contributed by atoms with Crippen LogP contribution in [0.3, 0.4) is 0 Å².